The van der Waals surface area contributed by atoms with Crippen molar-refractivity contribution in [1.29, 1.82) is 0 Å². The van der Waals surface area contributed by atoms with Crippen LogP contribution in [0, 0.1) is 6.92 Å². The lowest BCUT2D eigenvalue weighted by atomic mass is 10.3. The molecular formula is C18H17BrN4O7S2. The van der Waals surface area contributed by atoms with E-state index in [0.717, 1.165) is 20.5 Å². The summed E-state index contributed by atoms with van der Waals surface area (Å²) in [6.07, 6.45) is 0. The first-order valence-corrected chi connectivity index (χ1v) is 12.4. The molecule has 2 aromatic heterocycles. The van der Waals surface area contributed by atoms with Crippen molar-refractivity contribution in [2.24, 2.45) is 4.99 Å². The zero-order valence-electron chi connectivity index (χ0n) is 16.8. The molecule has 0 fully saturated rings. The second kappa shape index (κ2) is 9.75. The number of fused-ring (bicyclic) bond motifs is 1. The monoisotopic (exact) mass is 544 g/mol. The van der Waals surface area contributed by atoms with E-state index in [-0.39, 0.29) is 17.2 Å². The van der Waals surface area contributed by atoms with Crippen LogP contribution in [-0.2, 0) is 35.5 Å². The number of nitrogens with zero attached hydrogens (tertiary/aromatic N) is 3. The van der Waals surface area contributed by atoms with Crippen LogP contribution in [0.15, 0.2) is 38.3 Å². The third kappa shape index (κ3) is 6.11. The van der Waals surface area contributed by atoms with E-state index in [1.54, 1.807) is 25.1 Å². The molecular weight excluding hydrogens is 528 g/mol. The van der Waals surface area contributed by atoms with Crippen molar-refractivity contribution in [2.45, 2.75) is 13.5 Å². The summed E-state index contributed by atoms with van der Waals surface area (Å²) in [5.41, 5.74) is 0.625. The number of ether oxygens (including phenoxy) is 1. The van der Waals surface area contributed by atoms with Crippen LogP contribution in [0.5, 0.6) is 0 Å². The smallest absolute Gasteiger partial charge is 0.325 e. The van der Waals surface area contributed by atoms with Crippen LogP contribution in [0.2, 0.25) is 0 Å². The minimum Gasteiger partial charge on any atom is -0.468 e. The lowest BCUT2D eigenvalue weighted by Gasteiger charge is -2.04. The molecule has 1 aromatic carbocycles. The Morgan fingerprint density at radius 3 is 2.69 bits per heavy atom. The Morgan fingerprint density at radius 2 is 2.03 bits per heavy atom. The quantitative estimate of drug-likeness (QED) is 0.438. The second-order valence-corrected chi connectivity index (χ2v) is 10.6. The highest BCUT2D eigenvalue weighted by Gasteiger charge is 2.22. The summed E-state index contributed by atoms with van der Waals surface area (Å²) in [6.45, 7) is 1.40. The summed E-state index contributed by atoms with van der Waals surface area (Å²) in [4.78, 5) is 40.2. The van der Waals surface area contributed by atoms with Crippen LogP contribution in [0.3, 0.4) is 0 Å². The number of carbonyl (C=O) groups excluding carboxylic acids is 3. The Hall–Kier alpha value is -2.84. The van der Waals surface area contributed by atoms with Crippen LogP contribution >= 0.6 is 27.3 Å². The van der Waals surface area contributed by atoms with Crippen molar-refractivity contribution in [3.63, 3.8) is 0 Å². The maximum atomic E-state index is 12.4. The van der Waals surface area contributed by atoms with Gasteiger partial charge in [-0.05, 0) is 25.1 Å². The number of carbonyl (C=O) groups is 3. The molecule has 32 heavy (non-hydrogen) atoms. The lowest BCUT2D eigenvalue weighted by molar-refractivity contribution is -0.141. The molecule has 14 heteroatoms. The van der Waals surface area contributed by atoms with Crippen LogP contribution in [0.1, 0.15) is 5.76 Å². The predicted molar refractivity (Wildman–Crippen MR) is 119 cm³/mol. The molecule has 3 aromatic rings. The molecule has 11 nitrogen and oxygen atoms in total. The fourth-order valence-corrected chi connectivity index (χ4v) is 5.27. The summed E-state index contributed by atoms with van der Waals surface area (Å²) < 4.78 is 37.0. The number of esters is 1. The topological polar surface area (TPSA) is 150 Å². The van der Waals surface area contributed by atoms with Crippen molar-refractivity contribution in [3.8, 4) is 0 Å². The molecule has 2 heterocycles. The Kier molecular flexibility index (Phi) is 7.26. The molecule has 0 unspecified atom stereocenters. The first-order chi connectivity index (χ1) is 15.1. The number of hydrogen-bond acceptors (Lipinski definition) is 9. The van der Waals surface area contributed by atoms with Gasteiger partial charge in [-0.25, -0.2) is 8.42 Å². The third-order valence-corrected chi connectivity index (χ3v) is 6.89. The van der Waals surface area contributed by atoms with Gasteiger partial charge in [0.25, 0.3) is 5.91 Å². The number of hydrogen-bond donors (Lipinski definition) is 1. The summed E-state index contributed by atoms with van der Waals surface area (Å²) in [6, 6.07) is 6.69. The number of benzene rings is 1. The largest absolute Gasteiger partial charge is 0.468 e. The zero-order chi connectivity index (χ0) is 23.5. The van der Waals surface area contributed by atoms with Crippen molar-refractivity contribution < 1.29 is 32.1 Å². The molecule has 0 spiro atoms. The van der Waals surface area contributed by atoms with Crippen molar-refractivity contribution in [3.05, 3.63) is 39.3 Å². The summed E-state index contributed by atoms with van der Waals surface area (Å²) in [7, 11) is -2.88. The minimum atomic E-state index is -4.11. The van der Waals surface area contributed by atoms with E-state index in [2.05, 4.69) is 36.1 Å². The van der Waals surface area contributed by atoms with Gasteiger partial charge in [0, 0.05) is 10.5 Å². The Bertz CT molecular complexity index is 1370. The van der Waals surface area contributed by atoms with E-state index >= 15 is 0 Å². The number of anilines is 1. The van der Waals surface area contributed by atoms with Crippen LogP contribution in [-0.4, -0.2) is 54.5 Å². The van der Waals surface area contributed by atoms with Crippen LogP contribution < -0.4 is 10.1 Å². The van der Waals surface area contributed by atoms with E-state index in [1.807, 2.05) is 0 Å². The summed E-state index contributed by atoms with van der Waals surface area (Å²) in [5, 5.41) is 5.82. The average molecular weight is 545 g/mol. The Morgan fingerprint density at radius 1 is 1.28 bits per heavy atom. The molecule has 0 saturated heterocycles. The van der Waals surface area contributed by atoms with Crippen molar-refractivity contribution in [2.75, 3.05) is 23.9 Å². The molecule has 0 aliphatic rings. The Balaban J connectivity index is 1.81. The molecule has 0 saturated carbocycles. The van der Waals surface area contributed by atoms with Gasteiger partial charge >= 0.3 is 5.97 Å². The number of sulfone groups is 1. The van der Waals surface area contributed by atoms with E-state index in [0.29, 0.717) is 11.3 Å². The first kappa shape index (κ1) is 23.8. The number of halogens is 1. The van der Waals surface area contributed by atoms with Gasteiger partial charge in [0.05, 0.1) is 17.3 Å². The van der Waals surface area contributed by atoms with E-state index < -0.39 is 39.1 Å². The van der Waals surface area contributed by atoms with Gasteiger partial charge in [0.2, 0.25) is 5.91 Å². The van der Waals surface area contributed by atoms with Crippen molar-refractivity contribution >= 4 is 70.9 Å². The number of aryl methyl sites for hydroxylation is 1. The molecule has 2 amide bonds. The molecule has 0 aliphatic carbocycles. The van der Waals surface area contributed by atoms with Crippen molar-refractivity contribution in [1.82, 2.24) is 9.72 Å². The molecule has 0 aliphatic heterocycles. The van der Waals surface area contributed by atoms with Gasteiger partial charge in [0.15, 0.2) is 20.5 Å². The fourth-order valence-electron chi connectivity index (χ4n) is 2.66. The van der Waals surface area contributed by atoms with Crippen LogP contribution in [0.4, 0.5) is 5.82 Å². The number of rotatable bonds is 7. The third-order valence-electron chi connectivity index (χ3n) is 3.97. The van der Waals surface area contributed by atoms with E-state index in [9.17, 15) is 22.8 Å². The maximum absolute atomic E-state index is 12.4. The number of nitrogens with one attached hydrogen (secondary N) is 1. The highest BCUT2D eigenvalue weighted by atomic mass is 79.9. The summed E-state index contributed by atoms with van der Waals surface area (Å²) in [5.74, 6) is -3.80. The summed E-state index contributed by atoms with van der Waals surface area (Å²) >= 11 is 4.46. The van der Waals surface area contributed by atoms with Gasteiger partial charge in [-0.15, -0.1) is 0 Å². The highest BCUT2D eigenvalue weighted by Crippen LogP contribution is 2.22. The first-order valence-electron chi connectivity index (χ1n) is 8.93. The van der Waals surface area contributed by atoms with Gasteiger partial charge in [-0.3, -0.25) is 14.4 Å². The molecule has 0 radical (unpaired) electrons. The highest BCUT2D eigenvalue weighted by molar-refractivity contribution is 9.10. The maximum Gasteiger partial charge on any atom is 0.325 e. The molecule has 0 bridgehead atoms. The lowest BCUT2D eigenvalue weighted by Crippen LogP contribution is -2.28. The molecule has 170 valence electrons. The molecule has 1 N–H and O–H groups in total. The number of aromatic nitrogens is 2. The SMILES string of the molecule is COC(=O)Cn1c(=NC(=O)CS(=O)(=O)CC(=O)Nc2cc(C)on2)sc2cc(Br)ccc21. The minimum absolute atomic E-state index is 0.0685. The number of amides is 2. The number of thiazole rings is 1. The predicted octanol–water partition coefficient (Wildman–Crippen LogP) is 1.42. The fraction of sp³-hybridized carbons (Fsp3) is 0.278. The Labute approximate surface area is 194 Å². The second-order valence-electron chi connectivity index (χ2n) is 6.57. The average Bonchev–Trinajstić information content (AvgIpc) is 3.23. The van der Waals surface area contributed by atoms with Gasteiger partial charge < -0.3 is 19.1 Å². The van der Waals surface area contributed by atoms with E-state index in [4.69, 9.17) is 4.52 Å². The zero-order valence-corrected chi connectivity index (χ0v) is 20.0. The van der Waals surface area contributed by atoms with Gasteiger partial charge in [0.1, 0.15) is 23.8 Å². The number of methoxy groups -OCH3 is 1. The van der Waals surface area contributed by atoms with Gasteiger partial charge in [-0.1, -0.05) is 32.4 Å². The standard InChI is InChI=1S/C18H17BrN4O7S2/c1-10-5-14(22-30-10)20-15(24)8-32(27,28)9-16(25)21-18-23(7-17(26)29-2)12-4-3-11(19)6-13(12)31-18/h3-6H,7-9H2,1-2H3,(H,20,22,24). The van der Waals surface area contributed by atoms with Crippen LogP contribution in [0.25, 0.3) is 10.2 Å². The molecule has 0 atom stereocenters. The molecule has 3 rings (SSSR count). The van der Waals surface area contributed by atoms with Gasteiger partial charge in [-0.2, -0.15) is 4.99 Å². The van der Waals surface area contributed by atoms with E-state index in [1.165, 1.54) is 17.7 Å². The normalized spacial score (nSPS) is 12.2.